The van der Waals surface area contributed by atoms with Gasteiger partial charge in [-0.05, 0) is 48.2 Å². The molecule has 2 aliphatic rings. The van der Waals surface area contributed by atoms with E-state index in [2.05, 4.69) is 32.3 Å². The maximum absolute atomic E-state index is 12.5. The number of H-pyrrole nitrogens is 1. The molecule has 0 saturated heterocycles. The zero-order valence-electron chi connectivity index (χ0n) is 14.2. The number of nitrogens with zero attached hydrogens (tertiary/aromatic N) is 3. The fourth-order valence-corrected chi connectivity index (χ4v) is 3.85. The van der Waals surface area contributed by atoms with E-state index in [0.717, 1.165) is 41.6 Å². The van der Waals surface area contributed by atoms with Crippen LogP contribution in [0.4, 0.5) is 0 Å². The molecule has 0 radical (unpaired) electrons. The van der Waals surface area contributed by atoms with Crippen LogP contribution in [0, 0.1) is 5.92 Å². The molecule has 0 spiro atoms. The third-order valence-corrected chi connectivity index (χ3v) is 5.45. The summed E-state index contributed by atoms with van der Waals surface area (Å²) in [6, 6.07) is 8.18. The quantitative estimate of drug-likeness (QED) is 0.738. The second-order valence-corrected chi connectivity index (χ2v) is 7.06. The Kier molecular flexibility index (Phi) is 3.35. The van der Waals surface area contributed by atoms with Gasteiger partial charge in [0.15, 0.2) is 5.78 Å². The molecule has 0 atom stereocenters. The van der Waals surface area contributed by atoms with Gasteiger partial charge in [-0.25, -0.2) is 0 Å². The van der Waals surface area contributed by atoms with Gasteiger partial charge in [-0.3, -0.25) is 19.9 Å². The first-order chi connectivity index (χ1) is 12.8. The molecular formula is C21H18N4O. The zero-order valence-corrected chi connectivity index (χ0v) is 14.2. The van der Waals surface area contributed by atoms with E-state index in [1.807, 2.05) is 49.1 Å². The standard InChI is InChI=1S/C21H18N4O/c26-20(14-1-2-14)19-17-3-8-21(13-18(17)24-25-19,15-4-9-22-10-5-15)16-6-11-23-12-7-16/h3-12,14H,1-2,13H2,(H,24,25). The van der Waals surface area contributed by atoms with Crippen LogP contribution in [0.3, 0.4) is 0 Å². The summed E-state index contributed by atoms with van der Waals surface area (Å²) < 4.78 is 0. The molecule has 1 N–H and O–H groups in total. The number of nitrogens with one attached hydrogen (secondary N) is 1. The highest BCUT2D eigenvalue weighted by atomic mass is 16.1. The summed E-state index contributed by atoms with van der Waals surface area (Å²) in [7, 11) is 0. The Morgan fingerprint density at radius 3 is 2.19 bits per heavy atom. The van der Waals surface area contributed by atoms with Gasteiger partial charge in [0.1, 0.15) is 5.69 Å². The first kappa shape index (κ1) is 15.2. The molecular weight excluding hydrogens is 324 g/mol. The van der Waals surface area contributed by atoms with Crippen molar-refractivity contribution < 1.29 is 4.79 Å². The summed E-state index contributed by atoms with van der Waals surface area (Å²) in [6.07, 6.45) is 14.2. The Bertz CT molecular complexity index is 948. The Hall–Kier alpha value is -3.08. The van der Waals surface area contributed by atoms with Gasteiger partial charge in [-0.2, -0.15) is 5.10 Å². The third-order valence-electron chi connectivity index (χ3n) is 5.45. The molecule has 5 nitrogen and oxygen atoms in total. The maximum Gasteiger partial charge on any atom is 0.186 e. The molecule has 5 rings (SSSR count). The Morgan fingerprint density at radius 2 is 1.62 bits per heavy atom. The summed E-state index contributed by atoms with van der Waals surface area (Å²) in [5.74, 6) is 0.343. The van der Waals surface area contributed by atoms with Gasteiger partial charge in [0.05, 0.1) is 0 Å². The second-order valence-electron chi connectivity index (χ2n) is 7.06. The number of carbonyl (C=O) groups excluding carboxylic acids is 1. The van der Waals surface area contributed by atoms with Gasteiger partial charge >= 0.3 is 0 Å². The molecule has 0 unspecified atom stereocenters. The minimum atomic E-state index is -0.328. The van der Waals surface area contributed by atoms with E-state index in [1.54, 1.807) is 0 Å². The van der Waals surface area contributed by atoms with Crippen molar-refractivity contribution in [1.82, 2.24) is 20.2 Å². The van der Waals surface area contributed by atoms with Crippen molar-refractivity contribution in [3.63, 3.8) is 0 Å². The number of rotatable bonds is 4. The SMILES string of the molecule is O=C(c1n[nH]c2c1C=CC(c1ccncc1)(c1ccncc1)C2)C1CC1. The highest BCUT2D eigenvalue weighted by molar-refractivity contribution is 6.01. The van der Waals surface area contributed by atoms with E-state index in [0.29, 0.717) is 5.69 Å². The highest BCUT2D eigenvalue weighted by Gasteiger charge is 2.39. The highest BCUT2D eigenvalue weighted by Crippen LogP contribution is 2.42. The number of aromatic amines is 1. The first-order valence-electron chi connectivity index (χ1n) is 8.90. The lowest BCUT2D eigenvalue weighted by molar-refractivity contribution is 0.0962. The zero-order chi connectivity index (χ0) is 17.6. The average Bonchev–Trinajstić information content (AvgIpc) is 3.48. The van der Waals surface area contributed by atoms with Crippen molar-refractivity contribution in [3.8, 4) is 0 Å². The Labute approximate surface area is 151 Å². The normalized spacial score (nSPS) is 17.7. The van der Waals surface area contributed by atoms with Crippen molar-refractivity contribution in [2.24, 2.45) is 5.92 Å². The van der Waals surface area contributed by atoms with Crippen LogP contribution in [0.15, 0.2) is 55.1 Å². The average molecular weight is 342 g/mol. The number of ketones is 1. The van der Waals surface area contributed by atoms with E-state index in [4.69, 9.17) is 0 Å². The van der Waals surface area contributed by atoms with Gasteiger partial charge in [0.2, 0.25) is 0 Å². The predicted octanol–water partition coefficient (Wildman–Crippen LogP) is 3.35. The molecule has 5 heteroatoms. The molecule has 0 aromatic carbocycles. The lowest BCUT2D eigenvalue weighted by atomic mass is 9.69. The van der Waals surface area contributed by atoms with Crippen LogP contribution in [0.25, 0.3) is 6.08 Å². The van der Waals surface area contributed by atoms with Gasteiger partial charge in [0.25, 0.3) is 0 Å². The monoisotopic (exact) mass is 342 g/mol. The largest absolute Gasteiger partial charge is 0.292 e. The van der Waals surface area contributed by atoms with E-state index in [-0.39, 0.29) is 17.1 Å². The number of hydrogen-bond acceptors (Lipinski definition) is 4. The summed E-state index contributed by atoms with van der Waals surface area (Å²) in [5.41, 5.74) is 4.53. The lowest BCUT2D eigenvalue weighted by Crippen LogP contribution is -2.30. The molecule has 3 aromatic heterocycles. The number of aromatic nitrogens is 4. The predicted molar refractivity (Wildman–Crippen MR) is 97.6 cm³/mol. The van der Waals surface area contributed by atoms with Crippen LogP contribution in [-0.4, -0.2) is 25.9 Å². The molecule has 0 aliphatic heterocycles. The Balaban J connectivity index is 1.63. The Morgan fingerprint density at radius 1 is 1.00 bits per heavy atom. The lowest BCUT2D eigenvalue weighted by Gasteiger charge is -2.34. The van der Waals surface area contributed by atoms with Crippen LogP contribution in [0.2, 0.25) is 0 Å². The number of fused-ring (bicyclic) bond motifs is 1. The maximum atomic E-state index is 12.5. The van der Waals surface area contributed by atoms with Gasteiger partial charge in [-0.15, -0.1) is 0 Å². The van der Waals surface area contributed by atoms with Crippen molar-refractivity contribution >= 4 is 11.9 Å². The number of allylic oxidation sites excluding steroid dienone is 1. The van der Waals surface area contributed by atoms with E-state index in [9.17, 15) is 4.79 Å². The van der Waals surface area contributed by atoms with Crippen LogP contribution >= 0.6 is 0 Å². The number of hydrogen-bond donors (Lipinski definition) is 1. The summed E-state index contributed by atoms with van der Waals surface area (Å²) >= 11 is 0. The van der Waals surface area contributed by atoms with E-state index < -0.39 is 0 Å². The topological polar surface area (TPSA) is 71.5 Å². The van der Waals surface area contributed by atoms with Gasteiger partial charge < -0.3 is 0 Å². The minimum Gasteiger partial charge on any atom is -0.292 e. The molecule has 1 saturated carbocycles. The van der Waals surface area contributed by atoms with Gasteiger partial charge in [-0.1, -0.05) is 12.2 Å². The van der Waals surface area contributed by atoms with Crippen molar-refractivity contribution in [2.75, 3.05) is 0 Å². The first-order valence-corrected chi connectivity index (χ1v) is 8.90. The molecule has 128 valence electrons. The van der Waals surface area contributed by atoms with Crippen molar-refractivity contribution in [2.45, 2.75) is 24.7 Å². The number of carbonyl (C=O) groups is 1. The summed E-state index contributed by atoms with van der Waals surface area (Å²) in [4.78, 5) is 20.8. The molecule has 3 heterocycles. The van der Waals surface area contributed by atoms with E-state index in [1.165, 1.54) is 0 Å². The summed E-state index contributed by atoms with van der Waals surface area (Å²) in [6.45, 7) is 0. The van der Waals surface area contributed by atoms with Crippen LogP contribution in [0.1, 0.15) is 45.7 Å². The van der Waals surface area contributed by atoms with Crippen molar-refractivity contribution in [1.29, 1.82) is 0 Å². The second kappa shape index (κ2) is 5.73. The van der Waals surface area contributed by atoms with E-state index >= 15 is 0 Å². The minimum absolute atomic E-state index is 0.169. The van der Waals surface area contributed by atoms with Crippen LogP contribution < -0.4 is 0 Å². The fraction of sp³-hybridized carbons (Fsp3) is 0.238. The molecule has 1 fully saturated rings. The molecule has 3 aromatic rings. The molecule has 2 aliphatic carbocycles. The molecule has 0 bridgehead atoms. The van der Waals surface area contributed by atoms with Gasteiger partial charge in [0, 0.05) is 53.8 Å². The molecule has 0 amide bonds. The number of Topliss-reactive ketones (excluding diaryl/α,β-unsaturated/α-hetero) is 1. The smallest absolute Gasteiger partial charge is 0.186 e. The molecule has 26 heavy (non-hydrogen) atoms. The summed E-state index contributed by atoms with van der Waals surface area (Å²) in [5, 5.41) is 7.49. The third kappa shape index (κ3) is 2.31. The van der Waals surface area contributed by atoms with Crippen LogP contribution in [-0.2, 0) is 11.8 Å². The van der Waals surface area contributed by atoms with Crippen molar-refractivity contribution in [3.05, 3.63) is 83.2 Å². The fourth-order valence-electron chi connectivity index (χ4n) is 3.85. The number of pyridine rings is 2. The van der Waals surface area contributed by atoms with Crippen LogP contribution in [0.5, 0.6) is 0 Å².